The Labute approximate surface area is 174 Å². The van der Waals surface area contributed by atoms with Crippen LogP contribution in [0.1, 0.15) is 33.9 Å². The molecule has 0 fully saturated rings. The molecular weight excluding hydrogens is 380 g/mol. The second kappa shape index (κ2) is 7.84. The van der Waals surface area contributed by atoms with Crippen LogP contribution < -0.4 is 19.9 Å². The number of benzene rings is 2. The van der Waals surface area contributed by atoms with Gasteiger partial charge in [-0.05, 0) is 42.7 Å². The number of aromatic amines is 1. The second-order valence-electron chi connectivity index (χ2n) is 7.12. The summed E-state index contributed by atoms with van der Waals surface area (Å²) in [6.45, 7) is 4.37. The van der Waals surface area contributed by atoms with Gasteiger partial charge in [-0.1, -0.05) is 30.3 Å². The molecule has 1 atom stereocenters. The molecule has 0 aliphatic carbocycles. The number of nitrogens with zero attached hydrogens (tertiary/aromatic N) is 2. The predicted octanol–water partition coefficient (Wildman–Crippen LogP) is 3.83. The Morgan fingerprint density at radius 1 is 1.20 bits per heavy atom. The van der Waals surface area contributed by atoms with E-state index in [-0.39, 0.29) is 5.88 Å². The van der Waals surface area contributed by atoms with Gasteiger partial charge < -0.3 is 19.9 Å². The van der Waals surface area contributed by atoms with Crippen LogP contribution in [0.15, 0.2) is 53.9 Å². The number of methoxy groups -OCH3 is 1. The van der Waals surface area contributed by atoms with Crippen molar-refractivity contribution in [2.45, 2.75) is 26.4 Å². The molecule has 4 rings (SSSR count). The summed E-state index contributed by atoms with van der Waals surface area (Å²) in [6, 6.07) is 15.9. The van der Waals surface area contributed by atoms with Crippen molar-refractivity contribution in [1.29, 1.82) is 5.26 Å². The highest BCUT2D eigenvalue weighted by atomic mass is 16.5. The molecule has 2 heterocycles. The zero-order chi connectivity index (χ0) is 21.3. The lowest BCUT2D eigenvalue weighted by molar-refractivity contribution is 0.283. The fraction of sp³-hybridized carbons (Fsp3) is 0.217. The first-order chi connectivity index (χ1) is 14.5. The standard InChI is InChI=1S/C23H22N4O3/c1-13-6-4-5-7-16(13)12-29-18-9-8-15(10-19(18)28-3)21-17(11-24)22(25)30-23-20(21)14(2)26-27-23/h4-10,21H,12,25H2,1-3H3,(H,26,27)/t21-/m0/s1. The van der Waals surface area contributed by atoms with E-state index < -0.39 is 5.92 Å². The molecule has 0 bridgehead atoms. The minimum atomic E-state index is -0.406. The zero-order valence-electron chi connectivity index (χ0n) is 17.0. The van der Waals surface area contributed by atoms with E-state index in [0.717, 1.165) is 27.9 Å². The quantitative estimate of drug-likeness (QED) is 0.672. The van der Waals surface area contributed by atoms with Gasteiger partial charge in [0.1, 0.15) is 18.2 Å². The number of aromatic nitrogens is 2. The minimum Gasteiger partial charge on any atom is -0.493 e. The van der Waals surface area contributed by atoms with Gasteiger partial charge in [0.15, 0.2) is 11.5 Å². The average Bonchev–Trinajstić information content (AvgIpc) is 3.12. The summed E-state index contributed by atoms with van der Waals surface area (Å²) in [5.41, 5.74) is 11.0. The Morgan fingerprint density at radius 2 is 2.00 bits per heavy atom. The van der Waals surface area contributed by atoms with E-state index in [1.165, 1.54) is 0 Å². The monoisotopic (exact) mass is 402 g/mol. The Hall–Kier alpha value is -3.92. The van der Waals surface area contributed by atoms with E-state index in [0.29, 0.717) is 29.6 Å². The highest BCUT2D eigenvalue weighted by Crippen LogP contribution is 2.44. The van der Waals surface area contributed by atoms with E-state index in [1.54, 1.807) is 7.11 Å². The van der Waals surface area contributed by atoms with Crippen molar-refractivity contribution < 1.29 is 14.2 Å². The van der Waals surface area contributed by atoms with Crippen molar-refractivity contribution >= 4 is 0 Å². The summed E-state index contributed by atoms with van der Waals surface area (Å²) in [6.07, 6.45) is 0. The van der Waals surface area contributed by atoms with Crippen LogP contribution in [0.25, 0.3) is 0 Å². The summed E-state index contributed by atoms with van der Waals surface area (Å²) in [5.74, 6) is 1.23. The maximum absolute atomic E-state index is 9.71. The van der Waals surface area contributed by atoms with Gasteiger partial charge in [0, 0.05) is 11.3 Å². The van der Waals surface area contributed by atoms with Crippen LogP contribution in [-0.2, 0) is 6.61 Å². The Morgan fingerprint density at radius 3 is 2.73 bits per heavy atom. The summed E-state index contributed by atoms with van der Waals surface area (Å²) >= 11 is 0. The maximum Gasteiger partial charge on any atom is 0.244 e. The Balaban J connectivity index is 1.70. The molecule has 0 unspecified atom stereocenters. The highest BCUT2D eigenvalue weighted by Gasteiger charge is 2.34. The van der Waals surface area contributed by atoms with Crippen LogP contribution in [0.3, 0.4) is 0 Å². The van der Waals surface area contributed by atoms with E-state index in [9.17, 15) is 5.26 Å². The molecule has 3 aromatic rings. The average molecular weight is 402 g/mol. The number of nitrogens with one attached hydrogen (secondary N) is 1. The highest BCUT2D eigenvalue weighted by molar-refractivity contribution is 5.57. The summed E-state index contributed by atoms with van der Waals surface area (Å²) in [7, 11) is 1.59. The molecule has 3 N–H and O–H groups in total. The van der Waals surface area contributed by atoms with Crippen molar-refractivity contribution in [3.8, 4) is 23.4 Å². The molecule has 0 saturated heterocycles. The van der Waals surface area contributed by atoms with E-state index >= 15 is 0 Å². The molecule has 0 amide bonds. The van der Waals surface area contributed by atoms with Crippen LogP contribution in [0, 0.1) is 25.2 Å². The number of H-pyrrole nitrogens is 1. The summed E-state index contributed by atoms with van der Waals surface area (Å²) in [5, 5.41) is 16.8. The number of hydrogen-bond donors (Lipinski definition) is 2. The number of nitriles is 1. The van der Waals surface area contributed by atoms with Crippen LogP contribution in [0.5, 0.6) is 17.4 Å². The molecule has 1 aromatic heterocycles. The lowest BCUT2D eigenvalue weighted by Gasteiger charge is -2.24. The van der Waals surface area contributed by atoms with E-state index in [4.69, 9.17) is 19.9 Å². The molecule has 0 saturated carbocycles. The zero-order valence-corrected chi connectivity index (χ0v) is 17.0. The topological polar surface area (TPSA) is 106 Å². The number of allylic oxidation sites excluding steroid dienone is 1. The molecule has 7 nitrogen and oxygen atoms in total. The predicted molar refractivity (Wildman–Crippen MR) is 111 cm³/mol. The first-order valence-electron chi connectivity index (χ1n) is 9.51. The molecular formula is C23H22N4O3. The summed E-state index contributed by atoms with van der Waals surface area (Å²) in [4.78, 5) is 0. The van der Waals surface area contributed by atoms with Crippen LogP contribution in [-0.4, -0.2) is 17.3 Å². The van der Waals surface area contributed by atoms with Gasteiger partial charge in [-0.2, -0.15) is 5.26 Å². The number of nitrogens with two attached hydrogens (primary N) is 1. The lowest BCUT2D eigenvalue weighted by Crippen LogP contribution is -2.21. The van der Waals surface area contributed by atoms with Crippen LogP contribution in [0.2, 0.25) is 0 Å². The molecule has 0 spiro atoms. The van der Waals surface area contributed by atoms with Gasteiger partial charge >= 0.3 is 0 Å². The van der Waals surface area contributed by atoms with Crippen molar-refractivity contribution in [3.05, 3.63) is 81.9 Å². The number of fused-ring (bicyclic) bond motifs is 1. The molecule has 30 heavy (non-hydrogen) atoms. The number of aryl methyl sites for hydroxylation is 2. The fourth-order valence-electron chi connectivity index (χ4n) is 3.64. The first-order valence-corrected chi connectivity index (χ1v) is 9.51. The van der Waals surface area contributed by atoms with E-state index in [2.05, 4.69) is 29.3 Å². The molecule has 2 aromatic carbocycles. The summed E-state index contributed by atoms with van der Waals surface area (Å²) < 4.78 is 17.1. The first kappa shape index (κ1) is 19.4. The third kappa shape index (κ3) is 3.33. The van der Waals surface area contributed by atoms with Gasteiger partial charge in [0.25, 0.3) is 0 Å². The normalized spacial score (nSPS) is 15.2. The van der Waals surface area contributed by atoms with Crippen LogP contribution in [0.4, 0.5) is 0 Å². The smallest absolute Gasteiger partial charge is 0.244 e. The van der Waals surface area contributed by atoms with Gasteiger partial charge in [0.2, 0.25) is 11.8 Å². The molecule has 1 aliphatic heterocycles. The Bertz CT molecular complexity index is 1170. The lowest BCUT2D eigenvalue weighted by atomic mass is 9.84. The van der Waals surface area contributed by atoms with Crippen molar-refractivity contribution in [1.82, 2.24) is 10.2 Å². The SMILES string of the molecule is COc1cc([C@H]2C(C#N)=C(N)Oc3n[nH]c(C)c32)ccc1OCc1ccccc1C. The minimum absolute atomic E-state index is 0.0559. The molecule has 1 aliphatic rings. The van der Waals surface area contributed by atoms with Crippen molar-refractivity contribution in [2.75, 3.05) is 7.11 Å². The number of ether oxygens (including phenoxy) is 3. The van der Waals surface area contributed by atoms with Crippen molar-refractivity contribution in [3.63, 3.8) is 0 Å². The number of rotatable bonds is 5. The van der Waals surface area contributed by atoms with Gasteiger partial charge in [-0.3, -0.25) is 5.10 Å². The largest absolute Gasteiger partial charge is 0.493 e. The molecule has 0 radical (unpaired) electrons. The third-order valence-corrected chi connectivity index (χ3v) is 5.29. The second-order valence-corrected chi connectivity index (χ2v) is 7.12. The maximum atomic E-state index is 9.71. The molecule has 152 valence electrons. The van der Waals surface area contributed by atoms with Gasteiger partial charge in [-0.25, -0.2) is 0 Å². The molecule has 7 heteroatoms. The van der Waals surface area contributed by atoms with E-state index in [1.807, 2.05) is 43.3 Å². The van der Waals surface area contributed by atoms with Crippen LogP contribution >= 0.6 is 0 Å². The third-order valence-electron chi connectivity index (χ3n) is 5.29. The van der Waals surface area contributed by atoms with Gasteiger partial charge in [-0.15, -0.1) is 5.10 Å². The van der Waals surface area contributed by atoms with Crippen molar-refractivity contribution in [2.24, 2.45) is 5.73 Å². The Kier molecular flexibility index (Phi) is 5.07. The van der Waals surface area contributed by atoms with Gasteiger partial charge in [0.05, 0.1) is 13.0 Å². The fourth-order valence-corrected chi connectivity index (χ4v) is 3.64. The number of hydrogen-bond acceptors (Lipinski definition) is 6.